The van der Waals surface area contributed by atoms with Gasteiger partial charge in [-0.05, 0) is 25.5 Å². The summed E-state index contributed by atoms with van der Waals surface area (Å²) in [5.41, 5.74) is 1.65. The predicted molar refractivity (Wildman–Crippen MR) is 87.6 cm³/mol. The minimum atomic E-state index is -3.61. The van der Waals surface area contributed by atoms with Crippen molar-refractivity contribution < 1.29 is 21.9 Å². The summed E-state index contributed by atoms with van der Waals surface area (Å²) in [6, 6.07) is 4.55. The normalized spacial score (nSPS) is 24.0. The molecule has 7 nitrogen and oxygen atoms in total. The lowest BCUT2D eigenvalue weighted by molar-refractivity contribution is 0.166. The zero-order valence-electron chi connectivity index (χ0n) is 13.1. The van der Waals surface area contributed by atoms with E-state index in [4.69, 9.17) is 0 Å². The Balaban J connectivity index is 1.88. The van der Waals surface area contributed by atoms with Crippen molar-refractivity contribution in [1.82, 2.24) is 10.0 Å². The minimum Gasteiger partial charge on any atom is -0.390 e. The van der Waals surface area contributed by atoms with Gasteiger partial charge in [0, 0.05) is 19.1 Å². The number of hydrogen-bond donors (Lipinski definition) is 3. The molecule has 2 rings (SSSR count). The Bertz CT molecular complexity index is 774. The number of rotatable bonds is 6. The van der Waals surface area contributed by atoms with Crippen LogP contribution in [-0.2, 0) is 19.9 Å². The molecule has 9 heteroatoms. The van der Waals surface area contributed by atoms with Crippen LogP contribution in [0.1, 0.15) is 11.1 Å². The van der Waals surface area contributed by atoms with Gasteiger partial charge in [-0.25, -0.2) is 21.6 Å². The van der Waals surface area contributed by atoms with Gasteiger partial charge in [-0.3, -0.25) is 0 Å². The molecule has 1 aromatic rings. The van der Waals surface area contributed by atoms with Crippen molar-refractivity contribution in [3.63, 3.8) is 0 Å². The molecule has 0 unspecified atom stereocenters. The number of benzene rings is 1. The number of aliphatic hydroxyl groups excluding tert-OH is 1. The zero-order chi connectivity index (χ0) is 17.3. The van der Waals surface area contributed by atoms with Gasteiger partial charge < -0.3 is 10.4 Å². The van der Waals surface area contributed by atoms with Gasteiger partial charge in [-0.1, -0.05) is 17.7 Å². The summed E-state index contributed by atoms with van der Waals surface area (Å²) in [5.74, 6) is -0.378. The van der Waals surface area contributed by atoms with E-state index >= 15 is 0 Å². The van der Waals surface area contributed by atoms with Crippen LogP contribution in [0, 0.1) is 13.8 Å². The summed E-state index contributed by atoms with van der Waals surface area (Å²) in [6.07, 6.45) is -0.948. The van der Waals surface area contributed by atoms with Crippen LogP contribution in [0.15, 0.2) is 23.1 Å². The summed E-state index contributed by atoms with van der Waals surface area (Å²) in [7, 11) is -6.82. The Morgan fingerprint density at radius 2 is 1.91 bits per heavy atom. The van der Waals surface area contributed by atoms with Gasteiger partial charge >= 0.3 is 0 Å². The molecule has 0 radical (unpaired) electrons. The van der Waals surface area contributed by atoms with Crippen molar-refractivity contribution in [1.29, 1.82) is 0 Å². The number of hydrogen-bond acceptors (Lipinski definition) is 6. The summed E-state index contributed by atoms with van der Waals surface area (Å²) < 4.78 is 49.7. The SMILES string of the molecule is Cc1ccc(S(=O)(=O)NCCN[C@H]2CS(=O)(=O)C[C@@H]2O)c(C)c1. The van der Waals surface area contributed by atoms with Crippen LogP contribution in [0.4, 0.5) is 0 Å². The van der Waals surface area contributed by atoms with Crippen molar-refractivity contribution in [2.45, 2.75) is 30.9 Å². The first-order valence-electron chi connectivity index (χ1n) is 7.29. The van der Waals surface area contributed by atoms with E-state index in [1.165, 1.54) is 0 Å². The van der Waals surface area contributed by atoms with E-state index in [2.05, 4.69) is 10.0 Å². The first kappa shape index (κ1) is 18.3. The smallest absolute Gasteiger partial charge is 0.240 e. The van der Waals surface area contributed by atoms with Crippen molar-refractivity contribution in [3.05, 3.63) is 29.3 Å². The Kier molecular flexibility index (Phi) is 5.47. The molecule has 1 aliphatic rings. The van der Waals surface area contributed by atoms with Crippen LogP contribution in [0.5, 0.6) is 0 Å². The molecule has 130 valence electrons. The highest BCUT2D eigenvalue weighted by Gasteiger charge is 2.35. The molecule has 0 saturated carbocycles. The Labute approximate surface area is 137 Å². The third-order valence-corrected chi connectivity index (χ3v) is 7.10. The van der Waals surface area contributed by atoms with Gasteiger partial charge in [-0.2, -0.15) is 0 Å². The molecule has 1 saturated heterocycles. The molecule has 0 bridgehead atoms. The average molecular weight is 362 g/mol. The topological polar surface area (TPSA) is 113 Å². The van der Waals surface area contributed by atoms with E-state index in [1.54, 1.807) is 25.1 Å². The van der Waals surface area contributed by atoms with E-state index < -0.39 is 32.0 Å². The Morgan fingerprint density at radius 3 is 2.48 bits per heavy atom. The highest BCUT2D eigenvalue weighted by Crippen LogP contribution is 2.16. The molecular weight excluding hydrogens is 340 g/mol. The fourth-order valence-corrected chi connectivity index (χ4v) is 5.68. The summed E-state index contributed by atoms with van der Waals surface area (Å²) in [4.78, 5) is 0.228. The molecule has 1 heterocycles. The fourth-order valence-electron chi connectivity index (χ4n) is 2.65. The number of sulfone groups is 1. The number of sulfonamides is 1. The fraction of sp³-hybridized carbons (Fsp3) is 0.571. The van der Waals surface area contributed by atoms with Gasteiger partial charge in [-0.15, -0.1) is 0 Å². The van der Waals surface area contributed by atoms with Crippen molar-refractivity contribution in [2.24, 2.45) is 0 Å². The summed E-state index contributed by atoms with van der Waals surface area (Å²) in [5, 5.41) is 12.5. The molecule has 1 aliphatic heterocycles. The van der Waals surface area contributed by atoms with E-state index in [-0.39, 0.29) is 29.5 Å². The Morgan fingerprint density at radius 1 is 1.22 bits per heavy atom. The van der Waals surface area contributed by atoms with Gasteiger partial charge in [0.15, 0.2) is 9.84 Å². The maximum Gasteiger partial charge on any atom is 0.240 e. The van der Waals surface area contributed by atoms with E-state index in [0.717, 1.165) is 5.56 Å². The number of aliphatic hydroxyl groups is 1. The lowest BCUT2D eigenvalue weighted by atomic mass is 10.2. The maximum atomic E-state index is 12.2. The van der Waals surface area contributed by atoms with Gasteiger partial charge in [0.2, 0.25) is 10.0 Å². The van der Waals surface area contributed by atoms with Crippen LogP contribution < -0.4 is 10.0 Å². The number of aryl methyl sites for hydroxylation is 2. The first-order valence-corrected chi connectivity index (χ1v) is 10.6. The van der Waals surface area contributed by atoms with Crippen LogP contribution in [0.25, 0.3) is 0 Å². The van der Waals surface area contributed by atoms with Crippen molar-refractivity contribution in [3.8, 4) is 0 Å². The van der Waals surface area contributed by atoms with Crippen LogP contribution in [0.2, 0.25) is 0 Å². The largest absolute Gasteiger partial charge is 0.390 e. The summed E-state index contributed by atoms with van der Waals surface area (Å²) in [6.45, 7) is 3.97. The van der Waals surface area contributed by atoms with E-state index in [1.807, 2.05) is 6.92 Å². The highest BCUT2D eigenvalue weighted by atomic mass is 32.2. The van der Waals surface area contributed by atoms with Crippen molar-refractivity contribution >= 4 is 19.9 Å². The Hall–Kier alpha value is -1.00. The van der Waals surface area contributed by atoms with Crippen molar-refractivity contribution in [2.75, 3.05) is 24.6 Å². The third kappa shape index (κ3) is 4.74. The monoisotopic (exact) mass is 362 g/mol. The second kappa shape index (κ2) is 6.86. The second-order valence-corrected chi connectivity index (χ2v) is 9.76. The molecule has 1 fully saturated rings. The molecule has 0 spiro atoms. The molecule has 0 aromatic heterocycles. The van der Waals surface area contributed by atoms with Gasteiger partial charge in [0.25, 0.3) is 0 Å². The van der Waals surface area contributed by atoms with E-state index in [0.29, 0.717) is 5.56 Å². The molecule has 2 atom stereocenters. The lowest BCUT2D eigenvalue weighted by Crippen LogP contribution is -2.42. The van der Waals surface area contributed by atoms with Gasteiger partial charge in [0.1, 0.15) is 0 Å². The average Bonchev–Trinajstić information content (AvgIpc) is 2.67. The predicted octanol–water partition coefficient (Wildman–Crippen LogP) is -0.671. The molecule has 3 N–H and O–H groups in total. The van der Waals surface area contributed by atoms with E-state index in [9.17, 15) is 21.9 Å². The van der Waals surface area contributed by atoms with Gasteiger partial charge in [0.05, 0.1) is 22.5 Å². The van der Waals surface area contributed by atoms with Crippen LogP contribution >= 0.6 is 0 Å². The standard InChI is InChI=1S/C14H22N2O5S2/c1-10-3-4-14(11(2)7-10)23(20,21)16-6-5-15-12-8-22(18,19)9-13(12)17/h3-4,7,12-13,15-17H,5-6,8-9H2,1-2H3/t12-,13-/m0/s1. The minimum absolute atomic E-state index is 0.110. The zero-order valence-corrected chi connectivity index (χ0v) is 14.7. The molecule has 1 aromatic carbocycles. The molecule has 0 aliphatic carbocycles. The number of nitrogens with one attached hydrogen (secondary N) is 2. The molecule has 0 amide bonds. The molecular formula is C14H22N2O5S2. The van der Waals surface area contributed by atoms with Crippen LogP contribution in [-0.4, -0.2) is 58.7 Å². The second-order valence-electron chi connectivity index (χ2n) is 5.87. The molecule has 23 heavy (non-hydrogen) atoms. The summed E-state index contributed by atoms with van der Waals surface area (Å²) >= 11 is 0. The quantitative estimate of drug-likeness (QED) is 0.579. The maximum absolute atomic E-state index is 12.2. The third-order valence-electron chi connectivity index (χ3n) is 3.77. The first-order chi connectivity index (χ1) is 10.6. The van der Waals surface area contributed by atoms with Crippen LogP contribution in [0.3, 0.4) is 0 Å². The lowest BCUT2D eigenvalue weighted by Gasteiger charge is -2.15. The highest BCUT2D eigenvalue weighted by molar-refractivity contribution is 7.91.